The average molecular weight is 312 g/mol. The van der Waals surface area contributed by atoms with Crippen molar-refractivity contribution >= 4 is 11.9 Å². The van der Waals surface area contributed by atoms with E-state index < -0.39 is 0 Å². The number of methoxy groups -OCH3 is 1. The molecule has 0 amide bonds. The number of nitrogens with zero attached hydrogens (tertiary/aromatic N) is 2. The first kappa shape index (κ1) is 14.4. The summed E-state index contributed by atoms with van der Waals surface area (Å²) in [5.41, 5.74) is 6.47. The second-order valence-electron chi connectivity index (χ2n) is 5.53. The highest BCUT2D eigenvalue weighted by molar-refractivity contribution is 6.24. The first-order chi connectivity index (χ1) is 11.9. The minimum Gasteiger partial charge on any atom is -0.496 e. The summed E-state index contributed by atoms with van der Waals surface area (Å²) in [5.74, 6) is 0.786. The molecule has 3 aromatic rings. The summed E-state index contributed by atoms with van der Waals surface area (Å²) < 4.78 is 5.34. The monoisotopic (exact) mass is 312 g/mol. The second-order valence-corrected chi connectivity index (χ2v) is 5.53. The topological polar surface area (TPSA) is 34.0 Å². The zero-order valence-corrected chi connectivity index (χ0v) is 13.3. The van der Waals surface area contributed by atoms with Crippen LogP contribution in [0.4, 0.5) is 0 Å². The quantitative estimate of drug-likeness (QED) is 0.404. The molecule has 0 aromatic heterocycles. The van der Waals surface area contributed by atoms with Gasteiger partial charge in [-0.2, -0.15) is 5.10 Å². The predicted octanol–water partition coefficient (Wildman–Crippen LogP) is 4.55. The molecule has 0 fully saturated rings. The van der Waals surface area contributed by atoms with E-state index in [4.69, 9.17) is 4.74 Å². The van der Waals surface area contributed by atoms with Crippen molar-refractivity contribution in [2.45, 2.75) is 0 Å². The molecule has 0 aliphatic heterocycles. The summed E-state index contributed by atoms with van der Waals surface area (Å²) in [6.07, 6.45) is 1.73. The highest BCUT2D eigenvalue weighted by atomic mass is 16.5. The molecule has 24 heavy (non-hydrogen) atoms. The lowest BCUT2D eigenvalue weighted by atomic mass is 10.1. The Morgan fingerprint density at radius 2 is 1.25 bits per heavy atom. The van der Waals surface area contributed by atoms with Gasteiger partial charge in [-0.05, 0) is 23.3 Å². The Labute approximate surface area is 141 Å². The number of ether oxygens (including phenoxy) is 1. The molecule has 3 nitrogen and oxygen atoms in total. The van der Waals surface area contributed by atoms with Gasteiger partial charge >= 0.3 is 0 Å². The number of hydrogen-bond acceptors (Lipinski definition) is 3. The average Bonchev–Trinajstić information content (AvgIpc) is 2.97. The smallest absolute Gasteiger partial charge is 0.127 e. The van der Waals surface area contributed by atoms with Crippen LogP contribution in [0.2, 0.25) is 0 Å². The maximum atomic E-state index is 5.34. The van der Waals surface area contributed by atoms with Crippen LogP contribution in [0.1, 0.15) is 16.7 Å². The Kier molecular flexibility index (Phi) is 3.67. The van der Waals surface area contributed by atoms with Gasteiger partial charge in [0.05, 0.1) is 13.3 Å². The van der Waals surface area contributed by atoms with E-state index in [2.05, 4.69) is 46.6 Å². The van der Waals surface area contributed by atoms with Crippen molar-refractivity contribution in [1.29, 1.82) is 0 Å². The summed E-state index contributed by atoms with van der Waals surface area (Å²) >= 11 is 0. The summed E-state index contributed by atoms with van der Waals surface area (Å²) in [4.78, 5) is 0. The lowest BCUT2D eigenvalue weighted by Gasteiger charge is -2.02. The molecular weight excluding hydrogens is 296 g/mol. The largest absolute Gasteiger partial charge is 0.496 e. The minimum atomic E-state index is 0.786. The second kappa shape index (κ2) is 6.13. The third-order valence-electron chi connectivity index (χ3n) is 4.15. The number of hydrogen-bond donors (Lipinski definition) is 0. The molecule has 0 bridgehead atoms. The van der Waals surface area contributed by atoms with Gasteiger partial charge in [-0.15, -0.1) is 5.10 Å². The van der Waals surface area contributed by atoms with Crippen LogP contribution in [0.25, 0.3) is 11.1 Å². The summed E-state index contributed by atoms with van der Waals surface area (Å²) in [5, 5.41) is 8.82. The lowest BCUT2D eigenvalue weighted by Crippen LogP contribution is -1.97. The number of fused-ring (bicyclic) bond motifs is 3. The maximum absolute atomic E-state index is 5.34. The summed E-state index contributed by atoms with van der Waals surface area (Å²) in [6, 6.07) is 24.4. The molecule has 0 saturated carbocycles. The zero-order valence-electron chi connectivity index (χ0n) is 13.3. The fraction of sp³-hybridized carbons (Fsp3) is 0.0476. The zero-order chi connectivity index (χ0) is 16.4. The number of rotatable bonds is 3. The van der Waals surface area contributed by atoms with Crippen LogP contribution < -0.4 is 4.74 Å². The summed E-state index contributed by atoms with van der Waals surface area (Å²) in [7, 11) is 1.65. The third kappa shape index (κ3) is 2.40. The molecule has 0 atom stereocenters. The maximum Gasteiger partial charge on any atom is 0.127 e. The highest BCUT2D eigenvalue weighted by Gasteiger charge is 2.23. The van der Waals surface area contributed by atoms with Crippen molar-refractivity contribution < 1.29 is 4.74 Å². The molecule has 116 valence electrons. The van der Waals surface area contributed by atoms with E-state index in [1.165, 1.54) is 11.1 Å². The van der Waals surface area contributed by atoms with E-state index in [1.807, 2.05) is 36.4 Å². The van der Waals surface area contributed by atoms with E-state index in [0.717, 1.165) is 28.2 Å². The van der Waals surface area contributed by atoms with Gasteiger partial charge in [0.25, 0.3) is 0 Å². The molecule has 1 aliphatic rings. The fourth-order valence-corrected chi connectivity index (χ4v) is 3.02. The van der Waals surface area contributed by atoms with Gasteiger partial charge in [0.2, 0.25) is 0 Å². The van der Waals surface area contributed by atoms with Gasteiger partial charge in [-0.1, -0.05) is 60.7 Å². The Morgan fingerprint density at radius 1 is 0.708 bits per heavy atom. The van der Waals surface area contributed by atoms with Crippen molar-refractivity contribution in [3.05, 3.63) is 89.5 Å². The van der Waals surface area contributed by atoms with Crippen molar-refractivity contribution in [3.63, 3.8) is 0 Å². The van der Waals surface area contributed by atoms with Gasteiger partial charge in [0.1, 0.15) is 11.5 Å². The Morgan fingerprint density at radius 3 is 1.88 bits per heavy atom. The fourth-order valence-electron chi connectivity index (χ4n) is 3.02. The third-order valence-corrected chi connectivity index (χ3v) is 4.15. The standard InChI is InChI=1S/C21H16N2O/c1-24-20-13-7-2-8-15(20)14-22-23-21-18-11-5-3-9-16(18)17-10-4-6-12-19(17)21/h2-14H,1H3/b22-14+. The van der Waals surface area contributed by atoms with Crippen LogP contribution in [-0.4, -0.2) is 19.0 Å². The van der Waals surface area contributed by atoms with Crippen molar-refractivity contribution in [2.75, 3.05) is 7.11 Å². The van der Waals surface area contributed by atoms with Crippen LogP contribution in [0.5, 0.6) is 5.75 Å². The van der Waals surface area contributed by atoms with Crippen molar-refractivity contribution in [1.82, 2.24) is 0 Å². The predicted molar refractivity (Wildman–Crippen MR) is 98.1 cm³/mol. The van der Waals surface area contributed by atoms with Crippen molar-refractivity contribution in [2.24, 2.45) is 10.2 Å². The van der Waals surface area contributed by atoms with Gasteiger partial charge in [0.15, 0.2) is 0 Å². The van der Waals surface area contributed by atoms with Crippen LogP contribution >= 0.6 is 0 Å². The summed E-state index contributed by atoms with van der Waals surface area (Å²) in [6.45, 7) is 0. The Balaban J connectivity index is 1.76. The molecule has 1 aliphatic carbocycles. The van der Waals surface area contributed by atoms with Crippen LogP contribution in [0.15, 0.2) is 83.0 Å². The van der Waals surface area contributed by atoms with Crippen LogP contribution in [-0.2, 0) is 0 Å². The van der Waals surface area contributed by atoms with Crippen LogP contribution in [0.3, 0.4) is 0 Å². The lowest BCUT2D eigenvalue weighted by molar-refractivity contribution is 0.414. The normalized spacial score (nSPS) is 12.1. The molecule has 4 rings (SSSR count). The van der Waals surface area contributed by atoms with E-state index in [9.17, 15) is 0 Å². The molecule has 3 aromatic carbocycles. The van der Waals surface area contributed by atoms with E-state index in [1.54, 1.807) is 13.3 Å². The minimum absolute atomic E-state index is 0.786. The molecule has 0 heterocycles. The van der Waals surface area contributed by atoms with Crippen LogP contribution in [0, 0.1) is 0 Å². The van der Waals surface area contributed by atoms with Gasteiger partial charge < -0.3 is 4.74 Å². The molecule has 0 N–H and O–H groups in total. The molecule has 0 saturated heterocycles. The van der Waals surface area contributed by atoms with E-state index in [0.29, 0.717) is 0 Å². The Bertz CT molecular complexity index is 910. The van der Waals surface area contributed by atoms with Gasteiger partial charge in [0, 0.05) is 16.7 Å². The molecule has 0 radical (unpaired) electrons. The number of para-hydroxylation sites is 1. The van der Waals surface area contributed by atoms with Gasteiger partial charge in [-0.3, -0.25) is 0 Å². The SMILES string of the molecule is COc1ccccc1/C=N/N=C1c2ccccc2-c2ccccc21. The molecule has 0 spiro atoms. The molecule has 3 heteroatoms. The van der Waals surface area contributed by atoms with Crippen molar-refractivity contribution in [3.8, 4) is 16.9 Å². The van der Waals surface area contributed by atoms with E-state index in [-0.39, 0.29) is 0 Å². The highest BCUT2D eigenvalue weighted by Crippen LogP contribution is 2.36. The molecular formula is C21H16N2O. The first-order valence-electron chi connectivity index (χ1n) is 7.81. The Hall–Kier alpha value is -3.20. The first-order valence-corrected chi connectivity index (χ1v) is 7.81. The van der Waals surface area contributed by atoms with E-state index >= 15 is 0 Å². The molecule has 0 unspecified atom stereocenters. The van der Waals surface area contributed by atoms with Gasteiger partial charge in [-0.25, -0.2) is 0 Å². The number of benzene rings is 3.